The zero-order chi connectivity index (χ0) is 12.5. The summed E-state index contributed by atoms with van der Waals surface area (Å²) in [6, 6.07) is 2.17. The molecule has 0 bridgehead atoms. The Bertz CT molecular complexity index is 391. The molecule has 0 saturated carbocycles. The molecule has 0 amide bonds. The number of hydrogen-bond acceptors (Lipinski definition) is 2. The Labute approximate surface area is 108 Å². The largest absolute Gasteiger partial charge is 0.378 e. The van der Waals surface area contributed by atoms with Crippen LogP contribution in [0.1, 0.15) is 31.7 Å². The highest BCUT2D eigenvalue weighted by molar-refractivity contribution is 6.18. The second-order valence-corrected chi connectivity index (χ2v) is 5.30. The summed E-state index contributed by atoms with van der Waals surface area (Å²) in [6.07, 6.45) is 2.25. The lowest BCUT2D eigenvalue weighted by Gasteiger charge is -2.30. The highest BCUT2D eigenvalue weighted by atomic mass is 35.5. The molecule has 2 heterocycles. The predicted molar refractivity (Wildman–Crippen MR) is 69.5 cm³/mol. The Morgan fingerprint density at radius 1 is 1.65 bits per heavy atom. The van der Waals surface area contributed by atoms with E-state index in [4.69, 9.17) is 16.3 Å². The number of rotatable bonds is 4. The molecule has 1 aliphatic heterocycles. The second-order valence-electron chi connectivity index (χ2n) is 5.03. The fourth-order valence-electron chi connectivity index (χ4n) is 2.65. The van der Waals surface area contributed by atoms with Gasteiger partial charge in [-0.15, -0.1) is 11.6 Å². The molecule has 2 unspecified atom stereocenters. The van der Waals surface area contributed by atoms with E-state index in [0.29, 0.717) is 5.88 Å². The Morgan fingerprint density at radius 2 is 2.41 bits per heavy atom. The van der Waals surface area contributed by atoms with Crippen LogP contribution in [0.2, 0.25) is 0 Å². The summed E-state index contributed by atoms with van der Waals surface area (Å²) in [4.78, 5) is 0. The van der Waals surface area contributed by atoms with Crippen molar-refractivity contribution < 1.29 is 4.74 Å². The molecule has 2 atom stereocenters. The van der Waals surface area contributed by atoms with Gasteiger partial charge in [0.15, 0.2) is 0 Å². The van der Waals surface area contributed by atoms with Crippen molar-refractivity contribution in [2.45, 2.75) is 46.3 Å². The van der Waals surface area contributed by atoms with Gasteiger partial charge >= 0.3 is 0 Å². The van der Waals surface area contributed by atoms with E-state index >= 15 is 0 Å². The van der Waals surface area contributed by atoms with Crippen LogP contribution in [0.4, 0.5) is 0 Å². The number of nitrogens with zero attached hydrogens (tertiary/aromatic N) is 2. The van der Waals surface area contributed by atoms with Gasteiger partial charge in [0.1, 0.15) is 0 Å². The number of alkyl halides is 1. The number of aromatic nitrogens is 2. The molecule has 0 aromatic carbocycles. The number of ether oxygens (including phenoxy) is 1. The third kappa shape index (κ3) is 2.36. The van der Waals surface area contributed by atoms with Gasteiger partial charge < -0.3 is 4.74 Å². The summed E-state index contributed by atoms with van der Waals surface area (Å²) in [5.41, 5.74) is 2.45. The highest BCUT2D eigenvalue weighted by Gasteiger charge is 2.41. The molecule has 1 aromatic heterocycles. The summed E-state index contributed by atoms with van der Waals surface area (Å²) in [5.74, 6) is 0.655. The van der Waals surface area contributed by atoms with Gasteiger partial charge in [0.2, 0.25) is 0 Å². The first kappa shape index (κ1) is 12.9. The number of aryl methyl sites for hydroxylation is 2. The summed E-state index contributed by atoms with van der Waals surface area (Å²) >= 11 is 6.20. The van der Waals surface area contributed by atoms with Crippen molar-refractivity contribution in [1.29, 1.82) is 0 Å². The quantitative estimate of drug-likeness (QED) is 0.775. The van der Waals surface area contributed by atoms with Gasteiger partial charge in [-0.25, -0.2) is 0 Å². The molecule has 0 radical (unpaired) electrons. The molecule has 1 aliphatic rings. The molecule has 0 N–H and O–H groups in total. The van der Waals surface area contributed by atoms with E-state index in [-0.39, 0.29) is 11.5 Å². The summed E-state index contributed by atoms with van der Waals surface area (Å²) in [6.45, 7) is 8.04. The van der Waals surface area contributed by atoms with Crippen molar-refractivity contribution in [3.63, 3.8) is 0 Å². The maximum Gasteiger partial charge on any atom is 0.0619 e. The molecular formula is C13H21ClN2O. The van der Waals surface area contributed by atoms with Crippen molar-refractivity contribution in [3.05, 3.63) is 17.5 Å². The van der Waals surface area contributed by atoms with Crippen LogP contribution in [0.15, 0.2) is 6.07 Å². The minimum Gasteiger partial charge on any atom is -0.378 e. The van der Waals surface area contributed by atoms with Gasteiger partial charge in [-0.2, -0.15) is 5.10 Å². The van der Waals surface area contributed by atoms with Gasteiger partial charge in [-0.3, -0.25) is 4.68 Å². The molecule has 96 valence electrons. The molecular weight excluding hydrogens is 236 g/mol. The van der Waals surface area contributed by atoms with E-state index in [1.165, 1.54) is 5.69 Å². The zero-order valence-electron chi connectivity index (χ0n) is 10.9. The SMILES string of the molecule is CCn1nc(C)cc1CC1(CCl)CCOC1C. The fraction of sp³-hybridized carbons (Fsp3) is 0.769. The first-order valence-corrected chi connectivity index (χ1v) is 6.85. The van der Waals surface area contributed by atoms with Crippen molar-refractivity contribution in [2.24, 2.45) is 5.41 Å². The molecule has 1 saturated heterocycles. The van der Waals surface area contributed by atoms with E-state index < -0.39 is 0 Å². The van der Waals surface area contributed by atoms with Crippen LogP contribution >= 0.6 is 11.6 Å². The molecule has 17 heavy (non-hydrogen) atoms. The second kappa shape index (κ2) is 4.99. The predicted octanol–water partition coefficient (Wildman–Crippen LogP) is 2.79. The average molecular weight is 257 g/mol. The Kier molecular flexibility index (Phi) is 3.79. The van der Waals surface area contributed by atoms with E-state index in [1.807, 2.05) is 6.92 Å². The third-order valence-electron chi connectivity index (χ3n) is 3.91. The topological polar surface area (TPSA) is 27.1 Å². The van der Waals surface area contributed by atoms with E-state index in [9.17, 15) is 0 Å². The molecule has 0 spiro atoms. The van der Waals surface area contributed by atoms with Gasteiger partial charge in [0.25, 0.3) is 0 Å². The molecule has 0 aliphatic carbocycles. The third-order valence-corrected chi connectivity index (χ3v) is 4.45. The highest BCUT2D eigenvalue weighted by Crippen LogP contribution is 2.39. The van der Waals surface area contributed by atoms with Gasteiger partial charge in [-0.05, 0) is 39.7 Å². The monoisotopic (exact) mass is 256 g/mol. The minimum atomic E-state index is 0.0843. The van der Waals surface area contributed by atoms with Crippen molar-refractivity contribution in [3.8, 4) is 0 Å². The summed E-state index contributed by atoms with van der Waals surface area (Å²) < 4.78 is 7.78. The van der Waals surface area contributed by atoms with Crippen LogP contribution in [-0.2, 0) is 17.7 Å². The Morgan fingerprint density at radius 3 is 2.94 bits per heavy atom. The maximum absolute atomic E-state index is 6.20. The lowest BCUT2D eigenvalue weighted by atomic mass is 9.79. The average Bonchev–Trinajstić information content (AvgIpc) is 2.84. The Hall–Kier alpha value is -0.540. The Balaban J connectivity index is 2.23. The van der Waals surface area contributed by atoms with Gasteiger partial charge in [0.05, 0.1) is 11.8 Å². The van der Waals surface area contributed by atoms with E-state index in [1.54, 1.807) is 0 Å². The minimum absolute atomic E-state index is 0.0843. The van der Waals surface area contributed by atoms with E-state index in [2.05, 4.69) is 29.7 Å². The molecule has 1 aromatic rings. The lowest BCUT2D eigenvalue weighted by Crippen LogP contribution is -2.34. The summed E-state index contributed by atoms with van der Waals surface area (Å²) in [5, 5.41) is 4.49. The maximum atomic E-state index is 6.20. The normalized spacial score (nSPS) is 28.8. The standard InChI is InChI=1S/C13H21ClN2O/c1-4-16-12(7-10(2)15-16)8-13(9-14)5-6-17-11(13)3/h7,11H,4-6,8-9H2,1-3H3. The molecule has 4 heteroatoms. The van der Waals surface area contributed by atoms with Gasteiger partial charge in [-0.1, -0.05) is 0 Å². The van der Waals surface area contributed by atoms with Crippen LogP contribution in [0.25, 0.3) is 0 Å². The first-order chi connectivity index (χ1) is 8.11. The van der Waals surface area contributed by atoms with Crippen LogP contribution in [0.5, 0.6) is 0 Å². The fourth-order valence-corrected chi connectivity index (χ4v) is 3.10. The van der Waals surface area contributed by atoms with Gasteiger partial charge in [0, 0.05) is 30.1 Å². The van der Waals surface area contributed by atoms with Crippen molar-refractivity contribution in [2.75, 3.05) is 12.5 Å². The van der Waals surface area contributed by atoms with Crippen LogP contribution in [0.3, 0.4) is 0 Å². The molecule has 2 rings (SSSR count). The van der Waals surface area contributed by atoms with Crippen molar-refractivity contribution >= 4 is 11.6 Å². The summed E-state index contributed by atoms with van der Waals surface area (Å²) in [7, 11) is 0. The zero-order valence-corrected chi connectivity index (χ0v) is 11.6. The van der Waals surface area contributed by atoms with Crippen molar-refractivity contribution in [1.82, 2.24) is 9.78 Å². The number of hydrogen-bond donors (Lipinski definition) is 0. The smallest absolute Gasteiger partial charge is 0.0619 e. The molecule has 3 nitrogen and oxygen atoms in total. The van der Waals surface area contributed by atoms with E-state index in [0.717, 1.165) is 31.7 Å². The molecule has 1 fully saturated rings. The van der Waals surface area contributed by atoms with Crippen LogP contribution in [-0.4, -0.2) is 28.4 Å². The number of halogens is 1. The lowest BCUT2D eigenvalue weighted by molar-refractivity contribution is 0.0726. The first-order valence-electron chi connectivity index (χ1n) is 6.32. The van der Waals surface area contributed by atoms with Crippen LogP contribution < -0.4 is 0 Å². The van der Waals surface area contributed by atoms with Crippen LogP contribution in [0, 0.1) is 12.3 Å².